The van der Waals surface area contributed by atoms with Crippen molar-refractivity contribution in [1.29, 1.82) is 0 Å². The average Bonchev–Trinajstić information content (AvgIpc) is 2.67. The van der Waals surface area contributed by atoms with E-state index in [4.69, 9.17) is 4.74 Å². The molecule has 1 N–H and O–H groups in total. The van der Waals surface area contributed by atoms with E-state index in [9.17, 15) is 27.5 Å². The van der Waals surface area contributed by atoms with Gasteiger partial charge < -0.3 is 14.6 Å². The van der Waals surface area contributed by atoms with Gasteiger partial charge in [-0.05, 0) is 49.6 Å². The van der Waals surface area contributed by atoms with E-state index in [0.29, 0.717) is 9.37 Å². The molecule has 2 aromatic carbocycles. The van der Waals surface area contributed by atoms with Crippen molar-refractivity contribution in [2.45, 2.75) is 18.2 Å². The first kappa shape index (κ1) is 24.7. The summed E-state index contributed by atoms with van der Waals surface area (Å²) in [6.45, 7) is 1.48. The Morgan fingerprint density at radius 1 is 1.23 bits per heavy atom. The molecule has 0 bridgehead atoms. The van der Waals surface area contributed by atoms with Crippen molar-refractivity contribution in [3.63, 3.8) is 0 Å². The number of carbonyl (C=O) groups excluding carboxylic acids is 1. The van der Waals surface area contributed by atoms with Gasteiger partial charge in [-0.3, -0.25) is 0 Å². The third-order valence-electron chi connectivity index (χ3n) is 3.50. The Kier molecular flexibility index (Phi) is 8.45. The number of nitrogens with zero attached hydrogens (tertiary/aromatic N) is 2. The predicted octanol–water partition coefficient (Wildman–Crippen LogP) is 6.78. The highest BCUT2D eigenvalue weighted by Crippen LogP contribution is 2.34. The molecule has 6 nitrogen and oxygen atoms in total. The van der Waals surface area contributed by atoms with Gasteiger partial charge in [0.1, 0.15) is 11.6 Å². The Balaban J connectivity index is 2.47. The highest BCUT2D eigenvalue weighted by molar-refractivity contribution is 9.10. The molecule has 0 aliphatic rings. The second-order valence-corrected chi connectivity index (χ2v) is 7.39. The first-order valence-corrected chi connectivity index (χ1v) is 10.5. The van der Waals surface area contributed by atoms with E-state index in [2.05, 4.69) is 30.9 Å². The fraction of sp³-hybridized carbons (Fsp3) is 0.211. The van der Waals surface area contributed by atoms with E-state index in [-0.39, 0.29) is 17.9 Å². The van der Waals surface area contributed by atoms with Crippen LogP contribution in [0.25, 0.3) is 5.76 Å². The van der Waals surface area contributed by atoms with E-state index >= 15 is 0 Å². The van der Waals surface area contributed by atoms with Crippen LogP contribution in [-0.4, -0.2) is 30.3 Å². The minimum absolute atomic E-state index is 0.0468. The average molecular weight is 523 g/mol. The maximum atomic E-state index is 14.5. The molecule has 0 saturated carbocycles. The molecule has 0 aliphatic carbocycles. The van der Waals surface area contributed by atoms with Crippen molar-refractivity contribution in [2.24, 2.45) is 10.2 Å². The fourth-order valence-electron chi connectivity index (χ4n) is 2.27. The summed E-state index contributed by atoms with van der Waals surface area (Å²) in [6, 6.07) is 6.93. The Hall–Kier alpha value is -2.60. The van der Waals surface area contributed by atoms with Crippen molar-refractivity contribution < 1.29 is 36.9 Å². The Bertz CT molecular complexity index is 1010. The van der Waals surface area contributed by atoms with Crippen LogP contribution in [0.3, 0.4) is 0 Å². The van der Waals surface area contributed by atoms with E-state index in [1.165, 1.54) is 6.92 Å². The topological polar surface area (TPSA) is 80.5 Å². The minimum Gasteiger partial charge on any atom is -0.505 e. The summed E-state index contributed by atoms with van der Waals surface area (Å²) in [5, 5.41) is 18.0. The van der Waals surface area contributed by atoms with Crippen LogP contribution in [0.2, 0.25) is 0 Å². The Morgan fingerprint density at radius 3 is 2.42 bits per heavy atom. The molecule has 0 aliphatic heterocycles. The summed E-state index contributed by atoms with van der Waals surface area (Å²) < 4.78 is 60.3. The third-order valence-corrected chi connectivity index (χ3v) is 4.72. The van der Waals surface area contributed by atoms with Crippen molar-refractivity contribution >= 4 is 45.1 Å². The highest BCUT2D eigenvalue weighted by Gasteiger charge is 2.31. The summed E-state index contributed by atoms with van der Waals surface area (Å²) in [5.41, 5.74) is -0.897. The van der Waals surface area contributed by atoms with Gasteiger partial charge in [-0.2, -0.15) is 5.11 Å². The van der Waals surface area contributed by atoms with Gasteiger partial charge in [0.15, 0.2) is 5.76 Å². The van der Waals surface area contributed by atoms with Crippen LogP contribution in [0.15, 0.2) is 61.7 Å². The molecule has 166 valence electrons. The number of carbonyl (C=O) groups is 1. The smallest absolute Gasteiger partial charge is 0.505 e. The van der Waals surface area contributed by atoms with Crippen molar-refractivity contribution in [2.75, 3.05) is 12.9 Å². The number of alkyl halides is 3. The monoisotopic (exact) mass is 522 g/mol. The standard InChI is InChI=1S/C19H15BrF4N2O4S/c1-3-29-18(28)16(17(27)15-13(21)8-10(20)9-14(15)31-2)26-25-11-4-6-12(7-5-11)30-19(22,23)24/h4-9,27H,3H2,1-2H3/b17-16+,26-25?. The van der Waals surface area contributed by atoms with Gasteiger partial charge in [0.25, 0.3) is 0 Å². The minimum atomic E-state index is -4.85. The molecular formula is C19H15BrF4N2O4S. The lowest BCUT2D eigenvalue weighted by atomic mass is 10.1. The normalized spacial score (nSPS) is 12.6. The maximum Gasteiger partial charge on any atom is 0.573 e. The van der Waals surface area contributed by atoms with Crippen LogP contribution in [0.5, 0.6) is 5.75 Å². The quantitative estimate of drug-likeness (QED) is 0.108. The maximum absolute atomic E-state index is 14.5. The summed E-state index contributed by atoms with van der Waals surface area (Å²) in [4.78, 5) is 12.6. The van der Waals surface area contributed by atoms with Crippen molar-refractivity contribution in [3.05, 3.63) is 57.9 Å². The first-order valence-electron chi connectivity index (χ1n) is 8.47. The van der Waals surface area contributed by atoms with E-state index in [1.54, 1.807) is 12.3 Å². The molecule has 0 unspecified atom stereocenters. The SMILES string of the molecule is CCOC(=O)/C(N=Nc1ccc(OC(F)(F)F)cc1)=C(\O)c1c(F)cc(Br)cc1SC. The molecule has 0 atom stereocenters. The van der Waals surface area contributed by atoms with Gasteiger partial charge in [-0.25, -0.2) is 9.18 Å². The Morgan fingerprint density at radius 2 is 1.87 bits per heavy atom. The van der Waals surface area contributed by atoms with Gasteiger partial charge in [-0.1, -0.05) is 15.9 Å². The number of aliphatic hydroxyl groups excluding tert-OH is 1. The number of thioether (sulfide) groups is 1. The van der Waals surface area contributed by atoms with Crippen LogP contribution in [0, 0.1) is 5.82 Å². The zero-order valence-corrected chi connectivity index (χ0v) is 18.4. The van der Waals surface area contributed by atoms with Gasteiger partial charge in [-0.15, -0.1) is 30.0 Å². The summed E-state index contributed by atoms with van der Waals surface area (Å²) in [6.07, 6.45) is -3.20. The molecule has 12 heteroatoms. The zero-order chi connectivity index (χ0) is 23.2. The van der Waals surface area contributed by atoms with E-state index in [1.807, 2.05) is 0 Å². The number of benzene rings is 2. The van der Waals surface area contributed by atoms with Gasteiger partial charge >= 0.3 is 12.3 Å². The number of halogens is 5. The molecule has 31 heavy (non-hydrogen) atoms. The van der Waals surface area contributed by atoms with E-state index < -0.39 is 35.4 Å². The number of aliphatic hydroxyl groups is 1. The number of hydrogen-bond donors (Lipinski definition) is 1. The largest absolute Gasteiger partial charge is 0.573 e. The molecule has 0 heterocycles. The lowest BCUT2D eigenvalue weighted by Gasteiger charge is -2.11. The molecule has 0 radical (unpaired) electrons. The van der Waals surface area contributed by atoms with Gasteiger partial charge in [0, 0.05) is 9.37 Å². The molecule has 0 aromatic heterocycles. The highest BCUT2D eigenvalue weighted by atomic mass is 79.9. The molecule has 0 fully saturated rings. The second kappa shape index (κ2) is 10.6. The number of hydrogen-bond acceptors (Lipinski definition) is 7. The summed E-state index contributed by atoms with van der Waals surface area (Å²) in [5.74, 6) is -3.15. The molecule has 0 amide bonds. The summed E-state index contributed by atoms with van der Waals surface area (Å²) >= 11 is 4.27. The van der Waals surface area contributed by atoms with Crippen molar-refractivity contribution in [3.8, 4) is 5.75 Å². The van der Waals surface area contributed by atoms with E-state index in [0.717, 1.165) is 42.1 Å². The van der Waals surface area contributed by atoms with Crippen molar-refractivity contribution in [1.82, 2.24) is 0 Å². The summed E-state index contributed by atoms with van der Waals surface area (Å²) in [7, 11) is 0. The van der Waals surface area contributed by atoms with Crippen LogP contribution < -0.4 is 4.74 Å². The van der Waals surface area contributed by atoms with Gasteiger partial charge in [0.05, 0.1) is 17.9 Å². The number of esters is 1. The molecule has 2 aromatic rings. The molecule has 0 saturated heterocycles. The molecule has 2 rings (SSSR count). The molecular weight excluding hydrogens is 508 g/mol. The predicted molar refractivity (Wildman–Crippen MR) is 110 cm³/mol. The van der Waals surface area contributed by atoms with Crippen LogP contribution >= 0.6 is 27.7 Å². The number of ether oxygens (including phenoxy) is 2. The lowest BCUT2D eigenvalue weighted by molar-refractivity contribution is -0.274. The third kappa shape index (κ3) is 6.96. The van der Waals surface area contributed by atoms with Crippen LogP contribution in [0.4, 0.5) is 23.2 Å². The second-order valence-electron chi connectivity index (χ2n) is 5.62. The van der Waals surface area contributed by atoms with Crippen LogP contribution in [0.1, 0.15) is 12.5 Å². The zero-order valence-electron chi connectivity index (χ0n) is 16.0. The first-order chi connectivity index (χ1) is 14.6. The Labute approximate surface area is 187 Å². The fourth-order valence-corrected chi connectivity index (χ4v) is 3.49. The number of rotatable bonds is 7. The lowest BCUT2D eigenvalue weighted by Crippen LogP contribution is -2.16. The van der Waals surface area contributed by atoms with Gasteiger partial charge in [0.2, 0.25) is 5.70 Å². The van der Waals surface area contributed by atoms with Crippen LogP contribution in [-0.2, 0) is 9.53 Å². The number of azo groups is 1. The molecule has 0 spiro atoms.